The van der Waals surface area contributed by atoms with Crippen molar-refractivity contribution in [3.63, 3.8) is 0 Å². The summed E-state index contributed by atoms with van der Waals surface area (Å²) < 4.78 is 0. The van der Waals surface area contributed by atoms with Crippen molar-refractivity contribution in [2.75, 3.05) is 37.6 Å². The molecule has 1 aliphatic rings. The molecule has 3 rings (SSSR count). The van der Waals surface area contributed by atoms with Gasteiger partial charge >= 0.3 is 0 Å². The van der Waals surface area contributed by atoms with E-state index < -0.39 is 0 Å². The Bertz CT molecular complexity index is 582. The molecule has 1 aromatic heterocycles. The number of benzene rings is 1. The lowest BCUT2D eigenvalue weighted by atomic mass is 10.1. The van der Waals surface area contributed by atoms with Gasteiger partial charge in [0.2, 0.25) is 0 Å². The van der Waals surface area contributed by atoms with Crippen molar-refractivity contribution in [3.05, 3.63) is 29.8 Å². The van der Waals surface area contributed by atoms with Crippen LogP contribution in [0.4, 0.5) is 5.82 Å². The molecule has 0 spiro atoms. The Morgan fingerprint density at radius 1 is 1.21 bits per heavy atom. The van der Waals surface area contributed by atoms with Crippen LogP contribution in [0.15, 0.2) is 24.3 Å². The van der Waals surface area contributed by atoms with Gasteiger partial charge in [0.1, 0.15) is 5.82 Å². The smallest absolute Gasteiger partial charge is 0.154 e. The predicted molar refractivity (Wildman–Crippen MR) is 78.0 cm³/mol. The van der Waals surface area contributed by atoms with Gasteiger partial charge in [-0.25, -0.2) is 0 Å². The normalized spacial score (nSPS) is 17.0. The zero-order chi connectivity index (χ0) is 13.2. The van der Waals surface area contributed by atoms with E-state index in [0.29, 0.717) is 0 Å². The van der Waals surface area contributed by atoms with E-state index in [1.807, 2.05) is 24.3 Å². The van der Waals surface area contributed by atoms with Gasteiger partial charge in [0.05, 0.1) is 5.56 Å². The zero-order valence-corrected chi connectivity index (χ0v) is 11.2. The summed E-state index contributed by atoms with van der Waals surface area (Å²) in [6.45, 7) is 7.36. The summed E-state index contributed by atoms with van der Waals surface area (Å²) in [6, 6.07) is 7.99. The van der Waals surface area contributed by atoms with E-state index in [1.54, 1.807) is 0 Å². The van der Waals surface area contributed by atoms with Crippen LogP contribution in [0.25, 0.3) is 10.9 Å². The standard InChI is InChI=1S/C15H19N3O/c1-2-17-7-9-18(10-8-17)15-13(11-19)12-5-3-4-6-14(12)16-15/h3-6,11,16H,2,7-10H2,1H3. The molecule has 1 saturated heterocycles. The fourth-order valence-electron chi connectivity index (χ4n) is 2.81. The lowest BCUT2D eigenvalue weighted by Gasteiger charge is -2.35. The first-order valence-corrected chi connectivity index (χ1v) is 6.86. The fraction of sp³-hybridized carbons (Fsp3) is 0.400. The van der Waals surface area contributed by atoms with Crippen molar-refractivity contribution in [3.8, 4) is 0 Å². The molecule has 0 atom stereocenters. The maximum absolute atomic E-state index is 11.4. The van der Waals surface area contributed by atoms with Gasteiger partial charge in [-0.1, -0.05) is 25.1 Å². The lowest BCUT2D eigenvalue weighted by Crippen LogP contribution is -2.46. The number of para-hydroxylation sites is 1. The molecule has 0 saturated carbocycles. The summed E-state index contributed by atoms with van der Waals surface area (Å²) in [5.74, 6) is 0.979. The number of aromatic amines is 1. The highest BCUT2D eigenvalue weighted by Gasteiger charge is 2.20. The first-order valence-electron chi connectivity index (χ1n) is 6.86. The Morgan fingerprint density at radius 2 is 1.95 bits per heavy atom. The maximum atomic E-state index is 11.4. The number of piperazine rings is 1. The van der Waals surface area contributed by atoms with Gasteiger partial charge in [-0.15, -0.1) is 0 Å². The van der Waals surface area contributed by atoms with Gasteiger partial charge < -0.3 is 14.8 Å². The Morgan fingerprint density at radius 3 is 2.63 bits per heavy atom. The second kappa shape index (κ2) is 5.05. The summed E-state index contributed by atoms with van der Waals surface area (Å²) in [7, 11) is 0. The number of carbonyl (C=O) groups excluding carboxylic acids is 1. The molecule has 0 bridgehead atoms. The van der Waals surface area contributed by atoms with Crippen molar-refractivity contribution in [1.29, 1.82) is 0 Å². The molecule has 0 radical (unpaired) electrons. The molecule has 2 heterocycles. The third kappa shape index (κ3) is 2.12. The minimum atomic E-state index is 0.792. The van der Waals surface area contributed by atoms with E-state index in [2.05, 4.69) is 21.7 Å². The molecule has 1 aromatic carbocycles. The number of likely N-dealkylation sites (N-methyl/N-ethyl adjacent to an activating group) is 1. The van der Waals surface area contributed by atoms with Gasteiger partial charge in [-0.2, -0.15) is 0 Å². The fourth-order valence-corrected chi connectivity index (χ4v) is 2.81. The number of hydrogen-bond donors (Lipinski definition) is 1. The predicted octanol–water partition coefficient (Wildman–Crippen LogP) is 2.12. The van der Waals surface area contributed by atoms with Crippen LogP contribution in [-0.4, -0.2) is 48.9 Å². The van der Waals surface area contributed by atoms with Crippen LogP contribution in [0.3, 0.4) is 0 Å². The summed E-state index contributed by atoms with van der Waals surface area (Å²) in [5, 5.41) is 1.02. The zero-order valence-electron chi connectivity index (χ0n) is 11.2. The largest absolute Gasteiger partial charge is 0.355 e. The molecule has 0 aliphatic carbocycles. The SMILES string of the molecule is CCN1CCN(c2[nH]c3ccccc3c2C=O)CC1. The third-order valence-corrected chi connectivity index (χ3v) is 3.98. The minimum absolute atomic E-state index is 0.792. The molecule has 2 aromatic rings. The van der Waals surface area contributed by atoms with E-state index in [-0.39, 0.29) is 0 Å². The molecule has 4 heteroatoms. The molecule has 0 unspecified atom stereocenters. The van der Waals surface area contributed by atoms with E-state index in [0.717, 1.165) is 61.3 Å². The van der Waals surface area contributed by atoms with Crippen LogP contribution in [0.1, 0.15) is 17.3 Å². The highest BCUT2D eigenvalue weighted by atomic mass is 16.1. The molecule has 100 valence electrons. The number of fused-ring (bicyclic) bond motifs is 1. The number of hydrogen-bond acceptors (Lipinski definition) is 3. The monoisotopic (exact) mass is 257 g/mol. The molecular formula is C15H19N3O. The second-order valence-corrected chi connectivity index (χ2v) is 4.97. The average molecular weight is 257 g/mol. The van der Waals surface area contributed by atoms with Crippen molar-refractivity contribution >= 4 is 23.0 Å². The van der Waals surface area contributed by atoms with Gasteiger partial charge in [-0.3, -0.25) is 4.79 Å². The summed E-state index contributed by atoms with van der Waals surface area (Å²) in [5.41, 5.74) is 1.83. The first kappa shape index (κ1) is 12.2. The maximum Gasteiger partial charge on any atom is 0.154 e. The quantitative estimate of drug-likeness (QED) is 0.856. The average Bonchev–Trinajstić information content (AvgIpc) is 2.85. The van der Waals surface area contributed by atoms with E-state index in [9.17, 15) is 4.79 Å². The number of rotatable bonds is 3. The molecule has 1 fully saturated rings. The minimum Gasteiger partial charge on any atom is -0.355 e. The molecule has 1 N–H and O–H groups in total. The highest BCUT2D eigenvalue weighted by Crippen LogP contribution is 2.28. The van der Waals surface area contributed by atoms with Gasteiger partial charge in [0.15, 0.2) is 6.29 Å². The van der Waals surface area contributed by atoms with Crippen LogP contribution in [0.5, 0.6) is 0 Å². The molecule has 4 nitrogen and oxygen atoms in total. The van der Waals surface area contributed by atoms with Gasteiger partial charge in [0, 0.05) is 37.1 Å². The van der Waals surface area contributed by atoms with Crippen molar-refractivity contribution in [2.45, 2.75) is 6.92 Å². The molecule has 1 aliphatic heterocycles. The van der Waals surface area contributed by atoms with Crippen LogP contribution >= 0.6 is 0 Å². The van der Waals surface area contributed by atoms with Gasteiger partial charge in [0.25, 0.3) is 0 Å². The van der Waals surface area contributed by atoms with E-state index in [4.69, 9.17) is 0 Å². The van der Waals surface area contributed by atoms with Crippen LogP contribution in [0, 0.1) is 0 Å². The van der Waals surface area contributed by atoms with Crippen molar-refractivity contribution < 1.29 is 4.79 Å². The Labute approximate surface area is 113 Å². The highest BCUT2D eigenvalue weighted by molar-refractivity contribution is 6.03. The number of nitrogens with one attached hydrogen (secondary N) is 1. The second-order valence-electron chi connectivity index (χ2n) is 4.97. The van der Waals surface area contributed by atoms with Crippen LogP contribution in [0.2, 0.25) is 0 Å². The number of anilines is 1. The number of aromatic nitrogens is 1. The van der Waals surface area contributed by atoms with Crippen LogP contribution in [-0.2, 0) is 0 Å². The number of nitrogens with zero attached hydrogens (tertiary/aromatic N) is 2. The number of aldehydes is 1. The van der Waals surface area contributed by atoms with Crippen molar-refractivity contribution in [1.82, 2.24) is 9.88 Å². The number of carbonyl (C=O) groups is 1. The van der Waals surface area contributed by atoms with Gasteiger partial charge in [-0.05, 0) is 12.6 Å². The molecular weight excluding hydrogens is 238 g/mol. The number of H-pyrrole nitrogens is 1. The Balaban J connectivity index is 1.94. The molecule has 0 amide bonds. The lowest BCUT2D eigenvalue weighted by molar-refractivity contribution is 0.112. The van der Waals surface area contributed by atoms with Crippen LogP contribution < -0.4 is 4.90 Å². The Kier molecular flexibility index (Phi) is 3.25. The summed E-state index contributed by atoms with van der Waals surface area (Å²) in [4.78, 5) is 19.5. The third-order valence-electron chi connectivity index (χ3n) is 3.98. The summed E-state index contributed by atoms with van der Waals surface area (Å²) >= 11 is 0. The van der Waals surface area contributed by atoms with E-state index in [1.165, 1.54) is 0 Å². The topological polar surface area (TPSA) is 39.3 Å². The first-order chi connectivity index (χ1) is 9.33. The van der Waals surface area contributed by atoms with E-state index >= 15 is 0 Å². The molecule has 19 heavy (non-hydrogen) atoms. The Hall–Kier alpha value is -1.81. The van der Waals surface area contributed by atoms with Crippen molar-refractivity contribution in [2.24, 2.45) is 0 Å². The summed E-state index contributed by atoms with van der Waals surface area (Å²) in [6.07, 6.45) is 0.973.